The van der Waals surface area contributed by atoms with Crippen LogP contribution in [-0.4, -0.2) is 33.9 Å². The van der Waals surface area contributed by atoms with Crippen molar-refractivity contribution >= 4 is 17.6 Å². The van der Waals surface area contributed by atoms with E-state index in [1.165, 1.54) is 24.1 Å². The summed E-state index contributed by atoms with van der Waals surface area (Å²) < 4.78 is 6.51. The number of anilines is 1. The monoisotopic (exact) mass is 303 g/mol. The van der Waals surface area contributed by atoms with Crippen molar-refractivity contribution in [3.63, 3.8) is 0 Å². The molecule has 0 spiro atoms. The van der Waals surface area contributed by atoms with E-state index in [2.05, 4.69) is 10.4 Å². The quantitative estimate of drug-likeness (QED) is 0.882. The molecule has 22 heavy (non-hydrogen) atoms. The van der Waals surface area contributed by atoms with E-state index in [0.29, 0.717) is 11.4 Å². The van der Waals surface area contributed by atoms with Crippen molar-refractivity contribution < 1.29 is 19.4 Å². The molecular formula is C15H17N3O4. The molecule has 1 heterocycles. The summed E-state index contributed by atoms with van der Waals surface area (Å²) in [6.45, 7) is 3.54. The van der Waals surface area contributed by atoms with Gasteiger partial charge in [-0.3, -0.25) is 9.48 Å². The number of hydrogen-bond donors (Lipinski definition) is 2. The summed E-state index contributed by atoms with van der Waals surface area (Å²) in [5.41, 5.74) is 1.44. The van der Waals surface area contributed by atoms with Gasteiger partial charge in [-0.1, -0.05) is 6.07 Å². The Bertz CT molecular complexity index is 709. The second-order valence-electron chi connectivity index (χ2n) is 4.86. The molecule has 116 valence electrons. The Morgan fingerprint density at radius 2 is 2.09 bits per heavy atom. The summed E-state index contributed by atoms with van der Waals surface area (Å²) in [6, 6.07) is 6.14. The molecule has 0 bridgehead atoms. The van der Waals surface area contributed by atoms with E-state index in [1.807, 2.05) is 13.0 Å². The van der Waals surface area contributed by atoms with Crippen LogP contribution in [0.15, 0.2) is 30.5 Å². The minimum absolute atomic E-state index is 0.104. The zero-order chi connectivity index (χ0) is 16.3. The van der Waals surface area contributed by atoms with Crippen LogP contribution in [0.2, 0.25) is 0 Å². The number of aromatic carboxylic acids is 1. The minimum atomic E-state index is -1.13. The zero-order valence-corrected chi connectivity index (χ0v) is 12.5. The van der Waals surface area contributed by atoms with E-state index in [-0.39, 0.29) is 11.6 Å². The van der Waals surface area contributed by atoms with E-state index in [0.717, 1.165) is 5.56 Å². The fourth-order valence-electron chi connectivity index (χ4n) is 1.94. The van der Waals surface area contributed by atoms with Gasteiger partial charge < -0.3 is 15.2 Å². The first kappa shape index (κ1) is 15.6. The number of amides is 1. The summed E-state index contributed by atoms with van der Waals surface area (Å²) in [6.07, 6.45) is 1.46. The Morgan fingerprint density at radius 3 is 2.68 bits per heavy atom. The van der Waals surface area contributed by atoms with E-state index >= 15 is 0 Å². The third-order valence-corrected chi connectivity index (χ3v) is 3.22. The van der Waals surface area contributed by atoms with Gasteiger partial charge in [0, 0.05) is 6.20 Å². The van der Waals surface area contributed by atoms with Crippen LogP contribution in [0.5, 0.6) is 5.75 Å². The van der Waals surface area contributed by atoms with Gasteiger partial charge in [-0.15, -0.1) is 0 Å². The number of carboxylic acids is 1. The Morgan fingerprint density at radius 1 is 1.36 bits per heavy atom. The molecule has 1 unspecified atom stereocenters. The number of benzene rings is 1. The molecule has 0 aliphatic heterocycles. The fourth-order valence-corrected chi connectivity index (χ4v) is 1.94. The minimum Gasteiger partial charge on any atom is -0.495 e. The first-order chi connectivity index (χ1) is 10.4. The number of methoxy groups -OCH3 is 1. The third-order valence-electron chi connectivity index (χ3n) is 3.22. The molecule has 1 amide bonds. The van der Waals surface area contributed by atoms with Gasteiger partial charge in [0.15, 0.2) is 5.69 Å². The molecule has 0 radical (unpaired) electrons. The number of nitrogens with one attached hydrogen (secondary N) is 1. The van der Waals surface area contributed by atoms with E-state index < -0.39 is 12.0 Å². The number of carbonyl (C=O) groups is 2. The van der Waals surface area contributed by atoms with Crippen molar-refractivity contribution in [2.24, 2.45) is 0 Å². The normalized spacial score (nSPS) is 11.8. The summed E-state index contributed by atoms with van der Waals surface area (Å²) in [5, 5.41) is 15.5. The molecule has 0 saturated heterocycles. The highest BCUT2D eigenvalue weighted by molar-refractivity contribution is 5.95. The molecule has 2 rings (SSSR count). The van der Waals surface area contributed by atoms with Gasteiger partial charge in [0.1, 0.15) is 11.8 Å². The zero-order valence-electron chi connectivity index (χ0n) is 12.5. The Labute approximate surface area is 127 Å². The smallest absolute Gasteiger partial charge is 0.356 e. The van der Waals surface area contributed by atoms with Crippen LogP contribution in [-0.2, 0) is 4.79 Å². The van der Waals surface area contributed by atoms with Crippen molar-refractivity contribution in [3.8, 4) is 5.75 Å². The molecule has 1 aromatic heterocycles. The highest BCUT2D eigenvalue weighted by Crippen LogP contribution is 2.26. The van der Waals surface area contributed by atoms with Crippen LogP contribution in [0, 0.1) is 6.92 Å². The topological polar surface area (TPSA) is 93.5 Å². The summed E-state index contributed by atoms with van der Waals surface area (Å²) in [4.78, 5) is 23.1. The lowest BCUT2D eigenvalue weighted by atomic mass is 10.2. The van der Waals surface area contributed by atoms with Crippen LogP contribution < -0.4 is 10.1 Å². The number of carboxylic acid groups (broad SMARTS) is 1. The number of rotatable bonds is 5. The lowest BCUT2D eigenvalue weighted by Crippen LogP contribution is -2.24. The highest BCUT2D eigenvalue weighted by atomic mass is 16.5. The predicted octanol–water partition coefficient (Wildman–Crippen LogP) is 2.10. The second-order valence-corrected chi connectivity index (χ2v) is 4.86. The maximum atomic E-state index is 12.3. The van der Waals surface area contributed by atoms with Gasteiger partial charge in [0.05, 0.1) is 12.8 Å². The van der Waals surface area contributed by atoms with Crippen molar-refractivity contribution in [3.05, 3.63) is 41.7 Å². The van der Waals surface area contributed by atoms with Gasteiger partial charge in [-0.2, -0.15) is 5.10 Å². The first-order valence-electron chi connectivity index (χ1n) is 6.66. The molecule has 1 atom stereocenters. The first-order valence-corrected chi connectivity index (χ1v) is 6.66. The number of ether oxygens (including phenoxy) is 1. The molecule has 2 N–H and O–H groups in total. The lowest BCUT2D eigenvalue weighted by Gasteiger charge is -2.15. The predicted molar refractivity (Wildman–Crippen MR) is 80.3 cm³/mol. The Balaban J connectivity index is 2.17. The highest BCUT2D eigenvalue weighted by Gasteiger charge is 2.19. The largest absolute Gasteiger partial charge is 0.495 e. The second kappa shape index (κ2) is 6.30. The van der Waals surface area contributed by atoms with Crippen LogP contribution in [0.25, 0.3) is 0 Å². The van der Waals surface area contributed by atoms with Gasteiger partial charge in [0.25, 0.3) is 0 Å². The van der Waals surface area contributed by atoms with Crippen LogP contribution in [0.1, 0.15) is 29.0 Å². The van der Waals surface area contributed by atoms with Gasteiger partial charge in [-0.05, 0) is 37.6 Å². The van der Waals surface area contributed by atoms with Crippen molar-refractivity contribution in [1.82, 2.24) is 9.78 Å². The molecule has 0 aliphatic rings. The molecule has 2 aromatic rings. The number of nitrogens with zero attached hydrogens (tertiary/aromatic N) is 2. The molecule has 7 heteroatoms. The number of carbonyl (C=O) groups excluding carboxylic acids is 1. The van der Waals surface area contributed by atoms with E-state index in [4.69, 9.17) is 9.84 Å². The van der Waals surface area contributed by atoms with Crippen LogP contribution in [0.3, 0.4) is 0 Å². The molecule has 7 nitrogen and oxygen atoms in total. The molecular weight excluding hydrogens is 286 g/mol. The van der Waals surface area contributed by atoms with Crippen molar-refractivity contribution in [1.29, 1.82) is 0 Å². The Hall–Kier alpha value is -2.83. The summed E-state index contributed by atoms with van der Waals surface area (Å²) in [5.74, 6) is -0.895. The van der Waals surface area contributed by atoms with Gasteiger partial charge in [0.2, 0.25) is 5.91 Å². The van der Waals surface area contributed by atoms with E-state index in [9.17, 15) is 9.59 Å². The SMILES string of the molecule is COc1ccc(C)cc1NC(=O)C(C)n1ccc(C(=O)O)n1. The fraction of sp³-hybridized carbons (Fsp3) is 0.267. The number of aromatic nitrogens is 2. The van der Waals surface area contributed by atoms with Crippen molar-refractivity contribution in [2.45, 2.75) is 19.9 Å². The van der Waals surface area contributed by atoms with Crippen LogP contribution >= 0.6 is 0 Å². The average Bonchev–Trinajstić information content (AvgIpc) is 2.96. The molecule has 1 aromatic carbocycles. The van der Waals surface area contributed by atoms with Gasteiger partial charge in [-0.25, -0.2) is 4.79 Å². The average molecular weight is 303 g/mol. The molecule has 0 saturated carbocycles. The van der Waals surface area contributed by atoms with Gasteiger partial charge >= 0.3 is 5.97 Å². The van der Waals surface area contributed by atoms with E-state index in [1.54, 1.807) is 19.1 Å². The molecule has 0 aliphatic carbocycles. The lowest BCUT2D eigenvalue weighted by molar-refractivity contribution is -0.119. The Kier molecular flexibility index (Phi) is 4.45. The maximum Gasteiger partial charge on any atom is 0.356 e. The molecule has 0 fully saturated rings. The maximum absolute atomic E-state index is 12.3. The number of aryl methyl sites for hydroxylation is 1. The summed E-state index contributed by atoms with van der Waals surface area (Å²) >= 11 is 0. The third kappa shape index (κ3) is 3.25. The summed E-state index contributed by atoms with van der Waals surface area (Å²) in [7, 11) is 1.52. The number of hydrogen-bond acceptors (Lipinski definition) is 4. The van der Waals surface area contributed by atoms with Crippen molar-refractivity contribution in [2.75, 3.05) is 12.4 Å². The standard InChI is InChI=1S/C15H17N3O4/c1-9-4-5-13(22-3)12(8-9)16-14(19)10(2)18-7-6-11(17-18)15(20)21/h4-8,10H,1-3H3,(H,16,19)(H,20,21). The van der Waals surface area contributed by atoms with Crippen LogP contribution in [0.4, 0.5) is 5.69 Å².